The Morgan fingerprint density at radius 3 is 3.23 bits per heavy atom. The number of hydrogen-bond acceptors (Lipinski definition) is 2. The third-order valence-electron chi connectivity index (χ3n) is 2.04. The summed E-state index contributed by atoms with van der Waals surface area (Å²) in [4.78, 5) is 18.8. The third kappa shape index (κ3) is 1.18. The zero-order valence-electron chi connectivity index (χ0n) is 7.03. The van der Waals surface area contributed by atoms with E-state index in [0.717, 1.165) is 17.7 Å². The molecule has 0 atom stereocenters. The first-order valence-electron chi connectivity index (χ1n) is 3.98. The van der Waals surface area contributed by atoms with Crippen LogP contribution in [0.4, 0.5) is 0 Å². The van der Waals surface area contributed by atoms with Crippen LogP contribution in [0.25, 0.3) is 6.08 Å². The van der Waals surface area contributed by atoms with E-state index in [1.807, 2.05) is 12.2 Å². The zero-order valence-corrected chi connectivity index (χ0v) is 7.03. The Bertz CT molecular complexity index is 407. The topological polar surface area (TPSA) is 42.3 Å². The first-order valence-corrected chi connectivity index (χ1v) is 3.98. The summed E-state index contributed by atoms with van der Waals surface area (Å²) in [5, 5.41) is 0. The molecule has 3 heteroatoms. The average molecular weight is 172 g/mol. The Kier molecular flexibility index (Phi) is 1.77. The van der Waals surface area contributed by atoms with Crippen molar-refractivity contribution in [2.75, 3.05) is 0 Å². The van der Waals surface area contributed by atoms with Crippen molar-refractivity contribution >= 4 is 18.7 Å². The average Bonchev–Trinajstić information content (AvgIpc) is 2.63. The van der Waals surface area contributed by atoms with Gasteiger partial charge in [0.15, 0.2) is 0 Å². The van der Waals surface area contributed by atoms with E-state index in [0.29, 0.717) is 5.56 Å². The van der Waals surface area contributed by atoms with Crippen molar-refractivity contribution in [3.63, 3.8) is 0 Å². The highest BCUT2D eigenvalue weighted by Gasteiger charge is 2.14. The van der Waals surface area contributed by atoms with Gasteiger partial charge in [0, 0.05) is 18.2 Å². The standard InChI is InChI=1S/C10H8N2O/c1-11-10(13)8-5-6-12-9-4-2-3-7(8)9/h2-3,5-6H,1,4H2. The number of hydrogen-bond donors (Lipinski definition) is 0. The molecule has 64 valence electrons. The van der Waals surface area contributed by atoms with Crippen molar-refractivity contribution in [1.82, 2.24) is 4.98 Å². The lowest BCUT2D eigenvalue weighted by Gasteiger charge is -2.01. The van der Waals surface area contributed by atoms with Crippen molar-refractivity contribution in [2.24, 2.45) is 4.99 Å². The first kappa shape index (κ1) is 7.86. The minimum atomic E-state index is -0.287. The van der Waals surface area contributed by atoms with Gasteiger partial charge in [-0.25, -0.2) is 4.99 Å². The molecule has 0 N–H and O–H groups in total. The molecule has 1 amide bonds. The molecule has 0 saturated heterocycles. The van der Waals surface area contributed by atoms with E-state index < -0.39 is 0 Å². The Balaban J connectivity index is 2.58. The number of pyridine rings is 1. The van der Waals surface area contributed by atoms with Crippen LogP contribution in [0.1, 0.15) is 21.6 Å². The fourth-order valence-corrected chi connectivity index (χ4v) is 1.43. The van der Waals surface area contributed by atoms with E-state index in [4.69, 9.17) is 0 Å². The number of allylic oxidation sites excluding steroid dienone is 1. The van der Waals surface area contributed by atoms with Crippen molar-refractivity contribution < 1.29 is 4.79 Å². The summed E-state index contributed by atoms with van der Waals surface area (Å²) < 4.78 is 0. The zero-order chi connectivity index (χ0) is 9.26. The lowest BCUT2D eigenvalue weighted by Crippen LogP contribution is -2.00. The summed E-state index contributed by atoms with van der Waals surface area (Å²) in [6.07, 6.45) is 6.32. The molecule has 0 bridgehead atoms. The van der Waals surface area contributed by atoms with Crippen LogP contribution in [0.2, 0.25) is 0 Å². The minimum absolute atomic E-state index is 0.287. The summed E-state index contributed by atoms with van der Waals surface area (Å²) in [5.74, 6) is -0.287. The number of rotatable bonds is 1. The Labute approximate surface area is 75.8 Å². The van der Waals surface area contributed by atoms with Gasteiger partial charge in [-0.3, -0.25) is 9.78 Å². The third-order valence-corrected chi connectivity index (χ3v) is 2.04. The highest BCUT2D eigenvalue weighted by atomic mass is 16.1. The Morgan fingerprint density at radius 1 is 1.62 bits per heavy atom. The molecule has 1 aromatic heterocycles. The quantitative estimate of drug-likeness (QED) is 0.602. The van der Waals surface area contributed by atoms with Crippen LogP contribution in [0.3, 0.4) is 0 Å². The van der Waals surface area contributed by atoms with E-state index in [9.17, 15) is 4.79 Å². The number of carbonyl (C=O) groups is 1. The predicted octanol–water partition coefficient (Wildman–Crippen LogP) is 1.49. The number of nitrogens with zero attached hydrogens (tertiary/aromatic N) is 2. The maximum absolute atomic E-state index is 11.3. The molecule has 0 radical (unpaired) electrons. The molecular formula is C10H8N2O. The van der Waals surface area contributed by atoms with Gasteiger partial charge in [-0.05, 0) is 12.8 Å². The second kappa shape index (κ2) is 2.94. The van der Waals surface area contributed by atoms with Gasteiger partial charge >= 0.3 is 0 Å². The van der Waals surface area contributed by atoms with Crippen molar-refractivity contribution in [3.8, 4) is 0 Å². The molecule has 0 aromatic carbocycles. The smallest absolute Gasteiger partial charge is 0.267 e. The van der Waals surface area contributed by atoms with Gasteiger partial charge in [-0.2, -0.15) is 0 Å². The first-order chi connectivity index (χ1) is 6.33. The fourth-order valence-electron chi connectivity index (χ4n) is 1.43. The fraction of sp³-hybridized carbons (Fsp3) is 0.100. The summed E-state index contributed by atoms with van der Waals surface area (Å²) in [7, 11) is 0. The summed E-state index contributed by atoms with van der Waals surface area (Å²) in [5.41, 5.74) is 2.42. The second-order valence-electron chi connectivity index (χ2n) is 2.79. The number of amides is 1. The number of carbonyl (C=O) groups excluding carboxylic acids is 1. The molecule has 0 fully saturated rings. The lowest BCUT2D eigenvalue weighted by atomic mass is 10.1. The Morgan fingerprint density at radius 2 is 2.46 bits per heavy atom. The van der Waals surface area contributed by atoms with E-state index in [1.165, 1.54) is 0 Å². The van der Waals surface area contributed by atoms with Crippen molar-refractivity contribution in [3.05, 3.63) is 35.2 Å². The molecule has 0 spiro atoms. The van der Waals surface area contributed by atoms with Gasteiger partial charge in [0.1, 0.15) is 0 Å². The predicted molar refractivity (Wildman–Crippen MR) is 50.9 cm³/mol. The van der Waals surface area contributed by atoms with E-state index in [1.54, 1.807) is 12.3 Å². The monoisotopic (exact) mass is 172 g/mol. The van der Waals surface area contributed by atoms with E-state index >= 15 is 0 Å². The maximum Gasteiger partial charge on any atom is 0.277 e. The molecule has 13 heavy (non-hydrogen) atoms. The van der Waals surface area contributed by atoms with Crippen molar-refractivity contribution in [1.29, 1.82) is 0 Å². The van der Waals surface area contributed by atoms with Crippen molar-refractivity contribution in [2.45, 2.75) is 6.42 Å². The van der Waals surface area contributed by atoms with Crippen LogP contribution in [-0.2, 0) is 6.42 Å². The highest BCUT2D eigenvalue weighted by Crippen LogP contribution is 2.21. The summed E-state index contributed by atoms with van der Waals surface area (Å²) in [6.45, 7) is 3.22. The summed E-state index contributed by atoms with van der Waals surface area (Å²) >= 11 is 0. The number of aromatic nitrogens is 1. The molecule has 0 saturated carbocycles. The molecular weight excluding hydrogens is 164 g/mol. The van der Waals surface area contributed by atoms with Gasteiger partial charge in [-0.1, -0.05) is 12.2 Å². The van der Waals surface area contributed by atoms with Crippen LogP contribution in [0.15, 0.2) is 23.3 Å². The summed E-state index contributed by atoms with van der Waals surface area (Å²) in [6, 6.07) is 1.67. The van der Waals surface area contributed by atoms with E-state index in [-0.39, 0.29) is 5.91 Å². The highest BCUT2D eigenvalue weighted by molar-refractivity contribution is 6.00. The van der Waals surface area contributed by atoms with Gasteiger partial charge in [0.2, 0.25) is 0 Å². The molecule has 1 aromatic rings. The van der Waals surface area contributed by atoms with Gasteiger partial charge in [0.05, 0.1) is 11.3 Å². The molecule has 0 unspecified atom stereocenters. The molecule has 1 aliphatic carbocycles. The molecule has 2 rings (SSSR count). The van der Waals surface area contributed by atoms with Gasteiger partial charge in [-0.15, -0.1) is 0 Å². The number of fused-ring (bicyclic) bond motifs is 1. The normalized spacial score (nSPS) is 12.6. The molecule has 1 aliphatic rings. The van der Waals surface area contributed by atoms with Crippen LogP contribution >= 0.6 is 0 Å². The van der Waals surface area contributed by atoms with Crippen LogP contribution < -0.4 is 0 Å². The number of aliphatic imine (C=N–C) groups is 1. The minimum Gasteiger partial charge on any atom is -0.267 e. The molecule has 1 heterocycles. The SMILES string of the molecule is C=NC(=O)c1ccnc2c1C=CC2. The Hall–Kier alpha value is -1.77. The van der Waals surface area contributed by atoms with E-state index in [2.05, 4.69) is 16.7 Å². The van der Waals surface area contributed by atoms with Gasteiger partial charge in [0.25, 0.3) is 5.91 Å². The van der Waals surface area contributed by atoms with Crippen LogP contribution in [0, 0.1) is 0 Å². The largest absolute Gasteiger partial charge is 0.277 e. The molecule has 0 aliphatic heterocycles. The van der Waals surface area contributed by atoms with Gasteiger partial charge < -0.3 is 0 Å². The lowest BCUT2D eigenvalue weighted by molar-refractivity contribution is 0.100. The maximum atomic E-state index is 11.3. The van der Waals surface area contributed by atoms with Crippen LogP contribution in [-0.4, -0.2) is 17.6 Å². The molecule has 3 nitrogen and oxygen atoms in total. The van der Waals surface area contributed by atoms with Crippen LogP contribution in [0.5, 0.6) is 0 Å². The second-order valence-corrected chi connectivity index (χ2v) is 2.79.